The second-order valence-electron chi connectivity index (χ2n) is 2.82. The first kappa shape index (κ1) is 21.7. The Kier molecular flexibility index (Phi) is 23.6. The van der Waals surface area contributed by atoms with Crippen molar-refractivity contribution in [1.29, 1.82) is 0 Å². The molecule has 1 rings (SSSR count). The quantitative estimate of drug-likeness (QED) is 0.220. The normalized spacial score (nSPS) is 10.5. The molecule has 0 amide bonds. The highest BCUT2D eigenvalue weighted by atomic mass is 79.9. The Balaban J connectivity index is 0. The van der Waals surface area contributed by atoms with E-state index in [4.69, 9.17) is 0 Å². The van der Waals surface area contributed by atoms with Gasteiger partial charge in [0.05, 0.1) is 0 Å². The molecule has 0 aliphatic rings. The topological polar surface area (TPSA) is 0 Å². The van der Waals surface area contributed by atoms with Gasteiger partial charge in [0.2, 0.25) is 0 Å². The third-order valence-corrected chi connectivity index (χ3v) is 6.19. The van der Waals surface area contributed by atoms with Crippen LogP contribution < -0.4 is 5.30 Å². The van der Waals surface area contributed by atoms with Crippen molar-refractivity contribution in [2.24, 2.45) is 0 Å². The van der Waals surface area contributed by atoms with Gasteiger partial charge in [-0.3, -0.25) is 0 Å². The first-order chi connectivity index (χ1) is 8.34. The minimum atomic E-state index is -0.0956. The average Bonchev–Trinajstić information content (AvgIpc) is 2.44. The van der Waals surface area contributed by atoms with Crippen LogP contribution in [-0.2, 0) is 0 Å². The largest absolute Gasteiger partial charge is 0.0928 e. The maximum Gasteiger partial charge on any atom is 0.00314 e. The van der Waals surface area contributed by atoms with E-state index in [0.717, 1.165) is 5.33 Å². The molecule has 0 spiro atoms. The second-order valence-corrected chi connectivity index (χ2v) is 7.87. The third-order valence-electron chi connectivity index (χ3n) is 1.77. The summed E-state index contributed by atoms with van der Waals surface area (Å²) in [7, 11) is 4.46. The predicted octanol–water partition coefficient (Wildman–Crippen LogP) is 6.62. The van der Waals surface area contributed by atoms with Gasteiger partial charge in [-0.1, -0.05) is 109 Å². The van der Waals surface area contributed by atoms with Crippen LogP contribution in [0.25, 0.3) is 0 Å². The molecule has 0 saturated heterocycles. The summed E-state index contributed by atoms with van der Waals surface area (Å²) in [6.45, 7) is -0.0956. The van der Waals surface area contributed by atoms with Gasteiger partial charge in [-0.05, 0) is 30.9 Å². The fourth-order valence-electron chi connectivity index (χ4n) is 1.06. The van der Waals surface area contributed by atoms with Crippen molar-refractivity contribution in [2.45, 2.75) is 12.8 Å². The highest BCUT2D eigenvalue weighted by Gasteiger charge is 2.04. The van der Waals surface area contributed by atoms with Gasteiger partial charge >= 0.3 is 0 Å². The van der Waals surface area contributed by atoms with Gasteiger partial charge in [-0.25, -0.2) is 0 Å². The van der Waals surface area contributed by atoms with E-state index in [1.807, 2.05) is 0 Å². The number of hydrogen-bond acceptors (Lipinski definition) is 0. The van der Waals surface area contributed by atoms with Crippen molar-refractivity contribution in [1.82, 2.24) is 0 Å². The number of hydrogen-bond donors (Lipinski definition) is 0. The Bertz CT molecular complexity index is 236. The molecule has 17 heavy (non-hydrogen) atoms. The number of benzene rings is 1. The number of rotatable bonds is 5. The van der Waals surface area contributed by atoms with Gasteiger partial charge in [0, 0.05) is 5.33 Å². The minimum absolute atomic E-state index is 0.0956. The van der Waals surface area contributed by atoms with Crippen LogP contribution in [0.15, 0.2) is 30.3 Å². The molecule has 0 aliphatic heterocycles. The predicted molar refractivity (Wildman–Crippen MR) is 107 cm³/mol. The Morgan fingerprint density at radius 3 is 1.94 bits per heavy atom. The van der Waals surface area contributed by atoms with Gasteiger partial charge in [0.25, 0.3) is 0 Å². The van der Waals surface area contributed by atoms with Crippen LogP contribution in [0.1, 0.15) is 12.8 Å². The smallest absolute Gasteiger partial charge is 0.00314 e. The highest BCUT2D eigenvalue weighted by Crippen LogP contribution is 2.43. The van der Waals surface area contributed by atoms with Gasteiger partial charge in [-0.2, -0.15) is 0 Å². The van der Waals surface area contributed by atoms with Crippen molar-refractivity contribution in [3.8, 4) is 0 Å². The molecule has 0 bridgehead atoms. The fourth-order valence-corrected chi connectivity index (χ4v) is 4.18. The zero-order chi connectivity index (χ0) is 13.5. The molecule has 0 radical (unpaired) electrons. The van der Waals surface area contributed by atoms with Crippen molar-refractivity contribution in [3.05, 3.63) is 30.3 Å². The highest BCUT2D eigenvalue weighted by molar-refractivity contribution is 9.40. The van der Waals surface area contributed by atoms with Gasteiger partial charge in [0.15, 0.2) is 0 Å². The molecule has 7 heteroatoms. The van der Waals surface area contributed by atoms with Gasteiger partial charge < -0.3 is 0 Å². The van der Waals surface area contributed by atoms with Crippen LogP contribution in [0.3, 0.4) is 0 Å². The summed E-state index contributed by atoms with van der Waals surface area (Å²) in [5, 5.41) is 2.57. The molecule has 0 heterocycles. The molecule has 0 fully saturated rings. The maximum atomic E-state index is 3.77. The van der Waals surface area contributed by atoms with E-state index in [-0.39, 0.29) is 6.62 Å². The Morgan fingerprint density at radius 2 is 1.47 bits per heavy atom. The Labute approximate surface area is 143 Å². The molecule has 1 aromatic rings. The number of unbranched alkanes of at least 4 members (excludes halogenated alkanes) is 1. The average molecular weight is 550 g/mol. The minimum Gasteiger partial charge on any atom is -0.0928 e. The van der Waals surface area contributed by atoms with E-state index >= 15 is 0 Å². The first-order valence-corrected chi connectivity index (χ1v) is 15.9. The van der Waals surface area contributed by atoms with E-state index in [2.05, 4.69) is 109 Å². The monoisotopic (exact) mass is 546 g/mol. The molecule has 0 nitrogen and oxygen atoms in total. The molecule has 0 aromatic heterocycles. The van der Waals surface area contributed by atoms with Crippen molar-refractivity contribution in [2.75, 3.05) is 11.5 Å². The summed E-state index contributed by atoms with van der Waals surface area (Å²) in [4.78, 5) is 0. The summed E-state index contributed by atoms with van der Waals surface area (Å²) in [6, 6.07) is 10.7. The van der Waals surface area contributed by atoms with E-state index in [0.29, 0.717) is 0 Å². The zero-order valence-corrected chi connectivity index (χ0v) is 18.9. The van der Waals surface area contributed by atoms with Crippen LogP contribution in [0.2, 0.25) is 0 Å². The summed E-state index contributed by atoms with van der Waals surface area (Å²) in [6.07, 6.45) is 3.86. The molecule has 0 saturated carbocycles. The van der Waals surface area contributed by atoms with Gasteiger partial charge in [-0.15, -0.1) is 0 Å². The van der Waals surface area contributed by atoms with Crippen LogP contribution >= 0.6 is 84.9 Å². The molecule has 3 unspecified atom stereocenters. The molecular formula is C10H17Br4P3. The standard InChI is InChI=1S/C10H13Br2P.2BrH2P/c11-8-4-5-9-13(12)10-6-2-1-3-7-10;2*1-2/h1-3,6-7H,4-5,8-9H2;2*2H2. The number of alkyl halides is 1. The van der Waals surface area contributed by atoms with Gasteiger partial charge in [0.1, 0.15) is 0 Å². The summed E-state index contributed by atoms with van der Waals surface area (Å²) < 4.78 is 0. The lowest BCUT2D eigenvalue weighted by atomic mass is 10.4. The summed E-state index contributed by atoms with van der Waals surface area (Å²) in [5.74, 6) is 0. The fraction of sp³-hybridized carbons (Fsp3) is 0.400. The Morgan fingerprint density at radius 1 is 0.941 bits per heavy atom. The zero-order valence-electron chi connectivity index (χ0n) is 9.33. The van der Waals surface area contributed by atoms with Crippen molar-refractivity contribution in [3.63, 3.8) is 0 Å². The van der Waals surface area contributed by atoms with E-state index in [1.54, 1.807) is 0 Å². The van der Waals surface area contributed by atoms with E-state index < -0.39 is 0 Å². The third kappa shape index (κ3) is 13.2. The molecule has 3 atom stereocenters. The van der Waals surface area contributed by atoms with Crippen LogP contribution in [0, 0.1) is 0 Å². The van der Waals surface area contributed by atoms with E-state index in [9.17, 15) is 0 Å². The molecule has 1 aromatic carbocycles. The molecule has 100 valence electrons. The first-order valence-electron chi connectivity index (χ1n) is 4.82. The molecule has 0 aliphatic carbocycles. The lowest BCUT2D eigenvalue weighted by Crippen LogP contribution is -1.98. The lowest BCUT2D eigenvalue weighted by molar-refractivity contribution is 0.911. The van der Waals surface area contributed by atoms with E-state index in [1.165, 1.54) is 24.3 Å². The molecular weight excluding hydrogens is 533 g/mol. The van der Waals surface area contributed by atoms with Crippen molar-refractivity contribution >= 4 is 90.2 Å². The summed E-state index contributed by atoms with van der Waals surface area (Å²) >= 11 is 12.9. The Hall–Kier alpha value is 2.43. The molecule has 0 N–H and O–H groups in total. The second kappa shape index (κ2) is 18.4. The number of halogens is 4. The van der Waals surface area contributed by atoms with Crippen LogP contribution in [0.4, 0.5) is 0 Å². The SMILES string of the molecule is BrCCCCP(Br)c1ccccc1.PBr.PBr. The van der Waals surface area contributed by atoms with Crippen LogP contribution in [0.5, 0.6) is 0 Å². The summed E-state index contributed by atoms with van der Waals surface area (Å²) in [5.41, 5.74) is 0. The maximum absolute atomic E-state index is 3.77. The lowest BCUT2D eigenvalue weighted by Gasteiger charge is -2.08. The van der Waals surface area contributed by atoms with Crippen LogP contribution in [-0.4, -0.2) is 11.5 Å². The van der Waals surface area contributed by atoms with Crippen molar-refractivity contribution < 1.29 is 0 Å².